The zero-order chi connectivity index (χ0) is 15.2. The lowest BCUT2D eigenvalue weighted by Gasteiger charge is -2.18. The summed E-state index contributed by atoms with van der Waals surface area (Å²) in [5.41, 5.74) is 1.50. The number of ether oxygens (including phenoxy) is 1. The van der Waals surface area contributed by atoms with Gasteiger partial charge in [-0.2, -0.15) is 0 Å². The largest absolute Gasteiger partial charge is 0.481 e. The number of hydrogen-bond donors (Lipinski definition) is 2. The Morgan fingerprint density at radius 1 is 1.43 bits per heavy atom. The molecule has 2 N–H and O–H groups in total. The van der Waals surface area contributed by atoms with E-state index in [1.165, 1.54) is 0 Å². The van der Waals surface area contributed by atoms with Gasteiger partial charge in [0.05, 0.1) is 6.10 Å². The number of methoxy groups -OCH3 is 1. The monoisotopic (exact) mass is 292 g/mol. The smallest absolute Gasteiger partial charge is 0.321 e. The molecule has 1 aromatic carbocycles. The Kier molecular flexibility index (Phi) is 5.16. The number of hydrogen-bond acceptors (Lipinski definition) is 3. The summed E-state index contributed by atoms with van der Waals surface area (Å²) < 4.78 is 5.24. The van der Waals surface area contributed by atoms with Crippen LogP contribution >= 0.6 is 0 Å². The minimum absolute atomic E-state index is 0.0440. The van der Waals surface area contributed by atoms with Crippen molar-refractivity contribution >= 4 is 17.7 Å². The van der Waals surface area contributed by atoms with Gasteiger partial charge in [-0.15, -0.1) is 0 Å². The van der Waals surface area contributed by atoms with Crippen molar-refractivity contribution in [3.05, 3.63) is 29.8 Å². The number of likely N-dealkylation sites (tertiary alicyclic amines) is 1. The highest BCUT2D eigenvalue weighted by atomic mass is 16.5. The standard InChI is InChI=1S/C15H20N2O4/c1-21-12-8-9-17(10-12)15(20)16-13-5-3-2-4-11(13)6-7-14(18)19/h2-5,12H,6-10H2,1H3,(H,16,20)(H,18,19). The van der Waals surface area contributed by atoms with Gasteiger partial charge in [0.25, 0.3) is 0 Å². The lowest BCUT2D eigenvalue weighted by Crippen LogP contribution is -2.34. The van der Waals surface area contributed by atoms with Gasteiger partial charge in [0.1, 0.15) is 0 Å². The summed E-state index contributed by atoms with van der Waals surface area (Å²) >= 11 is 0. The molecule has 0 aromatic heterocycles. The van der Waals surface area contributed by atoms with Gasteiger partial charge in [0.15, 0.2) is 0 Å². The number of carboxylic acids is 1. The lowest BCUT2D eigenvalue weighted by molar-refractivity contribution is -0.136. The van der Waals surface area contributed by atoms with Crippen molar-refractivity contribution in [3.63, 3.8) is 0 Å². The average molecular weight is 292 g/mol. The maximum absolute atomic E-state index is 12.2. The summed E-state index contributed by atoms with van der Waals surface area (Å²) in [6, 6.07) is 7.11. The number of aryl methyl sites for hydroxylation is 1. The molecule has 2 rings (SSSR count). The third kappa shape index (κ3) is 4.19. The predicted octanol–water partition coefficient (Wildman–Crippen LogP) is 1.96. The molecule has 0 bridgehead atoms. The number of carboxylic acid groups (broad SMARTS) is 1. The van der Waals surface area contributed by atoms with Crippen LogP contribution in [-0.4, -0.2) is 48.3 Å². The first-order chi connectivity index (χ1) is 10.1. The molecule has 0 radical (unpaired) electrons. The zero-order valence-corrected chi connectivity index (χ0v) is 12.0. The Bertz CT molecular complexity index is 518. The normalized spacial score (nSPS) is 17.8. The van der Waals surface area contributed by atoms with Crippen molar-refractivity contribution in [2.45, 2.75) is 25.4 Å². The lowest BCUT2D eigenvalue weighted by atomic mass is 10.1. The van der Waals surface area contributed by atoms with Gasteiger partial charge in [0, 0.05) is 32.3 Å². The molecule has 0 spiro atoms. The maximum Gasteiger partial charge on any atom is 0.321 e. The highest BCUT2D eigenvalue weighted by Crippen LogP contribution is 2.19. The quantitative estimate of drug-likeness (QED) is 0.869. The second-order valence-electron chi connectivity index (χ2n) is 5.07. The van der Waals surface area contributed by atoms with Crippen molar-refractivity contribution in [1.82, 2.24) is 4.90 Å². The van der Waals surface area contributed by atoms with Crippen molar-refractivity contribution in [3.8, 4) is 0 Å². The number of nitrogens with zero attached hydrogens (tertiary/aromatic N) is 1. The Morgan fingerprint density at radius 3 is 2.86 bits per heavy atom. The fourth-order valence-corrected chi connectivity index (χ4v) is 2.40. The third-order valence-electron chi connectivity index (χ3n) is 3.63. The second kappa shape index (κ2) is 7.08. The highest BCUT2D eigenvalue weighted by Gasteiger charge is 2.26. The van der Waals surface area contributed by atoms with Gasteiger partial charge in [0.2, 0.25) is 0 Å². The number of benzene rings is 1. The van der Waals surface area contributed by atoms with Crippen LogP contribution in [0.5, 0.6) is 0 Å². The van der Waals surface area contributed by atoms with Crippen molar-refractivity contribution in [1.29, 1.82) is 0 Å². The molecular formula is C15H20N2O4. The van der Waals surface area contributed by atoms with E-state index in [2.05, 4.69) is 5.32 Å². The zero-order valence-electron chi connectivity index (χ0n) is 12.0. The third-order valence-corrected chi connectivity index (χ3v) is 3.63. The van der Waals surface area contributed by atoms with Gasteiger partial charge in [-0.1, -0.05) is 18.2 Å². The number of rotatable bonds is 5. The number of anilines is 1. The molecular weight excluding hydrogens is 272 g/mol. The van der Waals surface area contributed by atoms with E-state index < -0.39 is 5.97 Å². The number of urea groups is 1. The van der Waals surface area contributed by atoms with E-state index in [0.29, 0.717) is 25.2 Å². The van der Waals surface area contributed by atoms with Crippen molar-refractivity contribution < 1.29 is 19.4 Å². The first kappa shape index (κ1) is 15.3. The van der Waals surface area contributed by atoms with Crippen LogP contribution in [0.3, 0.4) is 0 Å². The summed E-state index contributed by atoms with van der Waals surface area (Å²) in [4.78, 5) is 24.6. The first-order valence-corrected chi connectivity index (χ1v) is 6.98. The molecule has 1 unspecified atom stereocenters. The Hall–Kier alpha value is -2.08. The van der Waals surface area contributed by atoms with Crippen LogP contribution in [0.4, 0.5) is 10.5 Å². The summed E-state index contributed by atoms with van der Waals surface area (Å²) in [5.74, 6) is -0.849. The topological polar surface area (TPSA) is 78.9 Å². The minimum atomic E-state index is -0.849. The van der Waals surface area contributed by atoms with Gasteiger partial charge in [-0.05, 0) is 24.5 Å². The SMILES string of the molecule is COC1CCN(C(=O)Nc2ccccc2CCC(=O)O)C1. The van der Waals surface area contributed by atoms with Crippen LogP contribution in [0.25, 0.3) is 0 Å². The molecule has 1 fully saturated rings. The fraction of sp³-hybridized carbons (Fsp3) is 0.467. The first-order valence-electron chi connectivity index (χ1n) is 6.98. The van der Waals surface area contributed by atoms with E-state index in [1.807, 2.05) is 18.2 Å². The number of aliphatic carboxylic acids is 1. The van der Waals surface area contributed by atoms with Gasteiger partial charge in [-0.25, -0.2) is 4.79 Å². The number of amides is 2. The number of para-hydroxylation sites is 1. The van der Waals surface area contributed by atoms with Gasteiger partial charge >= 0.3 is 12.0 Å². The summed E-state index contributed by atoms with van der Waals surface area (Å²) in [7, 11) is 1.65. The molecule has 0 aliphatic carbocycles. The minimum Gasteiger partial charge on any atom is -0.481 e. The summed E-state index contributed by atoms with van der Waals surface area (Å²) in [6.45, 7) is 1.25. The average Bonchev–Trinajstić information content (AvgIpc) is 2.95. The van der Waals surface area contributed by atoms with E-state index in [-0.39, 0.29) is 18.6 Å². The molecule has 6 nitrogen and oxygen atoms in total. The fourth-order valence-electron chi connectivity index (χ4n) is 2.40. The molecule has 1 atom stereocenters. The Labute approximate surface area is 123 Å². The molecule has 2 amide bonds. The van der Waals surface area contributed by atoms with Crippen LogP contribution in [0, 0.1) is 0 Å². The molecule has 1 aliphatic heterocycles. The molecule has 6 heteroatoms. The number of nitrogens with one attached hydrogen (secondary N) is 1. The van der Waals surface area contributed by atoms with Crippen LogP contribution in [0.1, 0.15) is 18.4 Å². The highest BCUT2D eigenvalue weighted by molar-refractivity contribution is 5.90. The van der Waals surface area contributed by atoms with E-state index >= 15 is 0 Å². The number of carbonyl (C=O) groups excluding carboxylic acids is 1. The molecule has 1 saturated heterocycles. The molecule has 0 saturated carbocycles. The van der Waals surface area contributed by atoms with Crippen molar-refractivity contribution in [2.75, 3.05) is 25.5 Å². The van der Waals surface area contributed by atoms with Crippen LogP contribution in [0.15, 0.2) is 24.3 Å². The van der Waals surface area contributed by atoms with Gasteiger partial charge < -0.3 is 20.1 Å². The summed E-state index contributed by atoms with van der Waals surface area (Å²) in [6.07, 6.45) is 1.37. The number of carbonyl (C=O) groups is 2. The molecule has 1 heterocycles. The van der Waals surface area contributed by atoms with Crippen LogP contribution in [-0.2, 0) is 16.0 Å². The maximum atomic E-state index is 12.2. The Morgan fingerprint density at radius 2 is 2.19 bits per heavy atom. The van der Waals surface area contributed by atoms with E-state index in [9.17, 15) is 9.59 Å². The molecule has 21 heavy (non-hydrogen) atoms. The predicted molar refractivity (Wildman–Crippen MR) is 78.4 cm³/mol. The van der Waals surface area contributed by atoms with Crippen LogP contribution in [0.2, 0.25) is 0 Å². The Balaban J connectivity index is 1.99. The van der Waals surface area contributed by atoms with E-state index in [1.54, 1.807) is 18.1 Å². The summed E-state index contributed by atoms with van der Waals surface area (Å²) in [5, 5.41) is 11.6. The molecule has 1 aromatic rings. The van der Waals surface area contributed by atoms with Crippen LogP contribution < -0.4 is 5.32 Å². The second-order valence-corrected chi connectivity index (χ2v) is 5.07. The van der Waals surface area contributed by atoms with E-state index in [4.69, 9.17) is 9.84 Å². The van der Waals surface area contributed by atoms with E-state index in [0.717, 1.165) is 12.0 Å². The van der Waals surface area contributed by atoms with Gasteiger partial charge in [-0.3, -0.25) is 4.79 Å². The molecule has 1 aliphatic rings. The molecule has 114 valence electrons. The van der Waals surface area contributed by atoms with Crippen molar-refractivity contribution in [2.24, 2.45) is 0 Å².